The lowest BCUT2D eigenvalue weighted by Crippen LogP contribution is -2.40. The number of rotatable bonds is 6. The molecule has 2 aromatic rings. The Morgan fingerprint density at radius 3 is 2.34 bits per heavy atom. The van der Waals surface area contributed by atoms with E-state index in [1.165, 1.54) is 10.4 Å². The van der Waals surface area contributed by atoms with Crippen molar-refractivity contribution in [1.82, 2.24) is 4.31 Å². The number of hydrogen-bond acceptors (Lipinski definition) is 5. The molecule has 0 aliphatic carbocycles. The normalized spacial score (nSPS) is 16.4. The molecule has 1 heterocycles. The first-order chi connectivity index (χ1) is 13.8. The van der Waals surface area contributed by atoms with Gasteiger partial charge in [0, 0.05) is 13.1 Å². The zero-order valence-corrected chi connectivity index (χ0v) is 17.9. The van der Waals surface area contributed by atoms with Gasteiger partial charge in [-0.1, -0.05) is 36.8 Å². The Morgan fingerprint density at radius 2 is 1.76 bits per heavy atom. The van der Waals surface area contributed by atoms with Gasteiger partial charge < -0.3 is 9.47 Å². The molecule has 29 heavy (non-hydrogen) atoms. The Morgan fingerprint density at radius 1 is 1.10 bits per heavy atom. The van der Waals surface area contributed by atoms with Gasteiger partial charge in [0.05, 0.1) is 24.0 Å². The molecule has 0 bridgehead atoms. The summed E-state index contributed by atoms with van der Waals surface area (Å²) in [6.07, 6.45) is 0.616. The average Bonchev–Trinajstić information content (AvgIpc) is 2.72. The molecular weight excluding hydrogens is 390 g/mol. The molecule has 0 spiro atoms. The second-order valence-electron chi connectivity index (χ2n) is 7.24. The van der Waals surface area contributed by atoms with Gasteiger partial charge in [-0.25, -0.2) is 8.42 Å². The van der Waals surface area contributed by atoms with E-state index in [0.717, 1.165) is 11.1 Å². The standard InChI is InChI=1S/C22H27NO5S/c1-4-20(18-7-5-16(2)6-8-18)22(24)28-21-10-9-19(15-17(21)3)29(25,26)23-11-13-27-14-12-23/h5-10,15,20H,4,11-14H2,1-3H3. The Kier molecular flexibility index (Phi) is 6.72. The maximum atomic E-state index is 12.8. The highest BCUT2D eigenvalue weighted by Crippen LogP contribution is 2.28. The molecule has 1 atom stereocenters. The monoisotopic (exact) mass is 417 g/mol. The molecule has 0 aromatic heterocycles. The van der Waals surface area contributed by atoms with Gasteiger partial charge >= 0.3 is 5.97 Å². The average molecular weight is 418 g/mol. The molecule has 3 rings (SSSR count). The molecule has 7 heteroatoms. The van der Waals surface area contributed by atoms with E-state index in [2.05, 4.69) is 0 Å². The van der Waals surface area contributed by atoms with Crippen molar-refractivity contribution in [1.29, 1.82) is 0 Å². The van der Waals surface area contributed by atoms with Gasteiger partial charge in [-0.2, -0.15) is 4.31 Å². The minimum atomic E-state index is -3.58. The Bertz CT molecular complexity index is 963. The quantitative estimate of drug-likeness (QED) is 0.532. The van der Waals surface area contributed by atoms with Crippen molar-refractivity contribution in [2.45, 2.75) is 38.0 Å². The van der Waals surface area contributed by atoms with Crippen LogP contribution in [0.25, 0.3) is 0 Å². The number of morpholine rings is 1. The van der Waals surface area contributed by atoms with E-state index in [1.54, 1.807) is 19.1 Å². The van der Waals surface area contributed by atoms with Crippen LogP contribution in [0.15, 0.2) is 47.4 Å². The van der Waals surface area contributed by atoms with Crippen LogP contribution >= 0.6 is 0 Å². The van der Waals surface area contributed by atoms with Gasteiger partial charge in [-0.15, -0.1) is 0 Å². The number of carbonyl (C=O) groups is 1. The summed E-state index contributed by atoms with van der Waals surface area (Å²) in [4.78, 5) is 12.9. The van der Waals surface area contributed by atoms with Gasteiger partial charge in [0.25, 0.3) is 0 Å². The predicted octanol–water partition coefficient (Wildman–Crippen LogP) is 3.42. The van der Waals surface area contributed by atoms with Crippen molar-refractivity contribution in [2.24, 2.45) is 0 Å². The smallest absolute Gasteiger partial charge is 0.318 e. The number of benzene rings is 2. The second-order valence-corrected chi connectivity index (χ2v) is 9.17. The van der Waals surface area contributed by atoms with Crippen LogP contribution in [0.4, 0.5) is 0 Å². The molecule has 0 saturated carbocycles. The summed E-state index contributed by atoms with van der Waals surface area (Å²) < 4.78 is 37.9. The third-order valence-electron chi connectivity index (χ3n) is 5.14. The predicted molar refractivity (Wildman–Crippen MR) is 111 cm³/mol. The fraction of sp³-hybridized carbons (Fsp3) is 0.409. The third kappa shape index (κ3) is 4.86. The van der Waals surface area contributed by atoms with Gasteiger partial charge in [0.1, 0.15) is 5.75 Å². The second kappa shape index (κ2) is 9.07. The number of aryl methyl sites for hydroxylation is 2. The summed E-state index contributed by atoms with van der Waals surface area (Å²) in [6.45, 7) is 7.15. The first kappa shape index (κ1) is 21.5. The largest absolute Gasteiger partial charge is 0.426 e. The van der Waals surface area contributed by atoms with Gasteiger partial charge in [-0.05, 0) is 49.6 Å². The molecule has 1 fully saturated rings. The first-order valence-electron chi connectivity index (χ1n) is 9.79. The molecule has 1 aliphatic rings. The SMILES string of the molecule is CCC(C(=O)Oc1ccc(S(=O)(=O)N2CCOCC2)cc1C)c1ccc(C)cc1. The Balaban J connectivity index is 1.77. The zero-order chi connectivity index (χ0) is 21.0. The molecule has 156 valence electrons. The Labute approximate surface area is 172 Å². The minimum Gasteiger partial charge on any atom is -0.426 e. The summed E-state index contributed by atoms with van der Waals surface area (Å²) >= 11 is 0. The summed E-state index contributed by atoms with van der Waals surface area (Å²) in [6, 6.07) is 12.4. The van der Waals surface area contributed by atoms with Crippen LogP contribution in [0.1, 0.15) is 36.0 Å². The topological polar surface area (TPSA) is 72.9 Å². The lowest BCUT2D eigenvalue weighted by molar-refractivity contribution is -0.136. The summed E-state index contributed by atoms with van der Waals surface area (Å²) in [5.74, 6) is -0.337. The first-order valence-corrected chi connectivity index (χ1v) is 11.2. The number of carbonyl (C=O) groups excluding carboxylic acids is 1. The van der Waals surface area contributed by atoms with Crippen LogP contribution in [0.2, 0.25) is 0 Å². The number of sulfonamides is 1. The van der Waals surface area contributed by atoms with Crippen molar-refractivity contribution in [3.8, 4) is 5.75 Å². The zero-order valence-electron chi connectivity index (χ0n) is 17.1. The Hall–Kier alpha value is -2.22. The molecule has 1 aliphatic heterocycles. The van der Waals surface area contributed by atoms with Crippen LogP contribution in [0.3, 0.4) is 0 Å². The van der Waals surface area contributed by atoms with Crippen molar-refractivity contribution in [3.63, 3.8) is 0 Å². The fourth-order valence-corrected chi connectivity index (χ4v) is 4.84. The summed E-state index contributed by atoms with van der Waals surface area (Å²) in [5.41, 5.74) is 2.64. The third-order valence-corrected chi connectivity index (χ3v) is 7.03. The molecule has 1 saturated heterocycles. The van der Waals surface area contributed by atoms with Crippen LogP contribution in [-0.4, -0.2) is 45.0 Å². The molecule has 2 aromatic carbocycles. The highest BCUT2D eigenvalue weighted by Gasteiger charge is 2.27. The van der Waals surface area contributed by atoms with Crippen molar-refractivity contribution in [3.05, 3.63) is 59.2 Å². The van der Waals surface area contributed by atoms with E-state index in [9.17, 15) is 13.2 Å². The van der Waals surface area contributed by atoms with Gasteiger partial charge in [0.15, 0.2) is 0 Å². The summed E-state index contributed by atoms with van der Waals surface area (Å²) in [7, 11) is -3.58. The molecule has 1 unspecified atom stereocenters. The lowest BCUT2D eigenvalue weighted by Gasteiger charge is -2.26. The van der Waals surface area contributed by atoms with Crippen LogP contribution in [0, 0.1) is 13.8 Å². The minimum absolute atomic E-state index is 0.197. The molecule has 6 nitrogen and oxygen atoms in total. The highest BCUT2D eigenvalue weighted by molar-refractivity contribution is 7.89. The van der Waals surface area contributed by atoms with Crippen LogP contribution < -0.4 is 4.74 Å². The highest BCUT2D eigenvalue weighted by atomic mass is 32.2. The van der Waals surface area contributed by atoms with Crippen molar-refractivity contribution < 1.29 is 22.7 Å². The number of ether oxygens (including phenoxy) is 2. The van der Waals surface area contributed by atoms with Crippen LogP contribution in [-0.2, 0) is 19.6 Å². The van der Waals surface area contributed by atoms with E-state index in [0.29, 0.717) is 44.0 Å². The van der Waals surface area contributed by atoms with E-state index < -0.39 is 10.0 Å². The maximum absolute atomic E-state index is 12.8. The van der Waals surface area contributed by atoms with Crippen LogP contribution in [0.5, 0.6) is 5.75 Å². The molecule has 0 N–H and O–H groups in total. The lowest BCUT2D eigenvalue weighted by atomic mass is 9.96. The number of esters is 1. The fourth-order valence-electron chi connectivity index (χ4n) is 3.35. The molecule has 0 radical (unpaired) electrons. The van der Waals surface area contributed by atoms with Crippen molar-refractivity contribution >= 4 is 16.0 Å². The summed E-state index contributed by atoms with van der Waals surface area (Å²) in [5, 5.41) is 0. The van der Waals surface area contributed by atoms with E-state index in [-0.39, 0.29) is 16.8 Å². The van der Waals surface area contributed by atoms with Crippen molar-refractivity contribution in [2.75, 3.05) is 26.3 Å². The number of nitrogens with zero attached hydrogens (tertiary/aromatic N) is 1. The number of hydrogen-bond donors (Lipinski definition) is 0. The molecular formula is C22H27NO5S. The van der Waals surface area contributed by atoms with Gasteiger partial charge in [-0.3, -0.25) is 4.79 Å². The van der Waals surface area contributed by atoms with E-state index in [1.807, 2.05) is 38.1 Å². The van der Waals surface area contributed by atoms with Gasteiger partial charge in [0.2, 0.25) is 10.0 Å². The van der Waals surface area contributed by atoms with E-state index >= 15 is 0 Å². The maximum Gasteiger partial charge on any atom is 0.318 e. The van der Waals surface area contributed by atoms with E-state index in [4.69, 9.17) is 9.47 Å². The molecule has 0 amide bonds.